The quantitative estimate of drug-likeness (QED) is 0.562. The minimum atomic E-state index is 0.283. The molecule has 1 aromatic heterocycles. The molecule has 1 heterocycles. The molecule has 0 aliphatic heterocycles. The van der Waals surface area contributed by atoms with Crippen molar-refractivity contribution < 1.29 is 0 Å². The van der Waals surface area contributed by atoms with Crippen LogP contribution in [-0.2, 0) is 0 Å². The van der Waals surface area contributed by atoms with Crippen molar-refractivity contribution in [3.05, 3.63) is 11.4 Å². The second kappa shape index (κ2) is 4.96. The van der Waals surface area contributed by atoms with Crippen molar-refractivity contribution in [2.45, 2.75) is 47.0 Å². The number of nitrogens with two attached hydrogens (primary N) is 1. The molecule has 106 valence electrons. The summed E-state index contributed by atoms with van der Waals surface area (Å²) in [6, 6.07) is 0. The molecule has 0 amide bonds. The molecule has 1 saturated carbocycles. The van der Waals surface area contributed by atoms with Gasteiger partial charge in [-0.25, -0.2) is 15.8 Å². The average Bonchev–Trinajstić information content (AvgIpc) is 2.95. The maximum atomic E-state index is 5.53. The first-order valence-electron chi connectivity index (χ1n) is 6.94. The number of rotatable bonds is 5. The van der Waals surface area contributed by atoms with Crippen molar-refractivity contribution in [3.63, 3.8) is 0 Å². The van der Waals surface area contributed by atoms with Gasteiger partial charge in [0.2, 0.25) is 0 Å². The first-order chi connectivity index (χ1) is 8.85. The molecular formula is C14H25N5. The number of nitrogens with one attached hydrogen (secondary N) is 2. The molecule has 2 rings (SSSR count). The summed E-state index contributed by atoms with van der Waals surface area (Å²) in [5.41, 5.74) is 4.11. The Balaban J connectivity index is 2.16. The van der Waals surface area contributed by atoms with E-state index in [1.807, 2.05) is 6.92 Å². The molecule has 1 unspecified atom stereocenters. The van der Waals surface area contributed by atoms with Crippen LogP contribution in [0.2, 0.25) is 0 Å². The topological polar surface area (TPSA) is 75.9 Å². The second-order valence-corrected chi connectivity index (χ2v) is 6.47. The van der Waals surface area contributed by atoms with Crippen molar-refractivity contribution in [1.29, 1.82) is 0 Å². The van der Waals surface area contributed by atoms with Gasteiger partial charge in [-0.15, -0.1) is 0 Å². The van der Waals surface area contributed by atoms with Gasteiger partial charge in [0.25, 0.3) is 0 Å². The van der Waals surface area contributed by atoms with Crippen LogP contribution in [0.25, 0.3) is 0 Å². The fourth-order valence-corrected chi connectivity index (χ4v) is 2.25. The summed E-state index contributed by atoms with van der Waals surface area (Å²) in [7, 11) is 0. The number of hydrogen-bond donors (Lipinski definition) is 3. The van der Waals surface area contributed by atoms with Crippen LogP contribution in [0.3, 0.4) is 0 Å². The largest absolute Gasteiger partial charge is 0.369 e. The maximum absolute atomic E-state index is 5.53. The Morgan fingerprint density at radius 1 is 1.32 bits per heavy atom. The Kier molecular flexibility index (Phi) is 3.67. The van der Waals surface area contributed by atoms with Gasteiger partial charge in [-0.1, -0.05) is 27.7 Å². The molecule has 0 radical (unpaired) electrons. The number of nitrogen functional groups attached to an aromatic ring is 1. The van der Waals surface area contributed by atoms with Crippen LogP contribution in [0.1, 0.15) is 51.4 Å². The molecule has 1 atom stereocenters. The lowest BCUT2D eigenvalue weighted by Gasteiger charge is -2.15. The van der Waals surface area contributed by atoms with E-state index >= 15 is 0 Å². The lowest BCUT2D eigenvalue weighted by molar-refractivity contribution is 0.572. The lowest BCUT2D eigenvalue weighted by atomic mass is 10.1. The second-order valence-electron chi connectivity index (χ2n) is 6.47. The highest BCUT2D eigenvalue weighted by molar-refractivity contribution is 5.57. The monoisotopic (exact) mass is 263 g/mol. The Bertz CT molecular complexity index is 467. The Morgan fingerprint density at radius 2 is 1.89 bits per heavy atom. The molecule has 0 aromatic carbocycles. The summed E-state index contributed by atoms with van der Waals surface area (Å²) in [6.07, 6.45) is 1.28. The van der Waals surface area contributed by atoms with Gasteiger partial charge in [-0.2, -0.15) is 0 Å². The van der Waals surface area contributed by atoms with E-state index in [4.69, 9.17) is 5.84 Å². The smallest absolute Gasteiger partial charge is 0.148 e. The molecule has 1 aliphatic rings. The molecule has 0 bridgehead atoms. The number of hydrazine groups is 1. The normalized spacial score (nSPS) is 20.5. The zero-order valence-electron chi connectivity index (χ0n) is 12.5. The zero-order valence-corrected chi connectivity index (χ0v) is 12.5. The summed E-state index contributed by atoms with van der Waals surface area (Å²) in [5.74, 6) is 8.97. The third kappa shape index (κ3) is 2.97. The van der Waals surface area contributed by atoms with Crippen LogP contribution in [0.5, 0.6) is 0 Å². The van der Waals surface area contributed by atoms with E-state index in [-0.39, 0.29) is 5.92 Å². The van der Waals surface area contributed by atoms with Gasteiger partial charge < -0.3 is 10.7 Å². The number of anilines is 2. The van der Waals surface area contributed by atoms with Gasteiger partial charge in [-0.05, 0) is 24.7 Å². The summed E-state index contributed by atoms with van der Waals surface area (Å²) >= 11 is 0. The molecule has 5 nitrogen and oxygen atoms in total. The molecule has 19 heavy (non-hydrogen) atoms. The highest BCUT2D eigenvalue weighted by Gasteiger charge is 2.45. The van der Waals surface area contributed by atoms with Crippen molar-refractivity contribution >= 4 is 11.6 Å². The Morgan fingerprint density at radius 3 is 2.37 bits per heavy atom. The fourth-order valence-electron chi connectivity index (χ4n) is 2.25. The predicted molar refractivity (Wildman–Crippen MR) is 79.0 cm³/mol. The molecule has 1 aromatic rings. The molecule has 0 saturated heterocycles. The Labute approximate surface area is 115 Å². The molecule has 1 fully saturated rings. The van der Waals surface area contributed by atoms with Gasteiger partial charge in [0.1, 0.15) is 17.5 Å². The third-order valence-corrected chi connectivity index (χ3v) is 4.05. The number of nitrogens with zero attached hydrogens (tertiary/aromatic N) is 2. The highest BCUT2D eigenvalue weighted by Crippen LogP contribution is 2.51. The lowest BCUT2D eigenvalue weighted by Crippen LogP contribution is -2.16. The van der Waals surface area contributed by atoms with Gasteiger partial charge in [0.15, 0.2) is 0 Å². The van der Waals surface area contributed by atoms with Crippen LogP contribution in [0, 0.1) is 18.3 Å². The molecule has 0 spiro atoms. The third-order valence-electron chi connectivity index (χ3n) is 4.05. The first-order valence-corrected chi connectivity index (χ1v) is 6.94. The predicted octanol–water partition coefficient (Wildman–Crippen LogP) is 2.65. The van der Waals surface area contributed by atoms with Gasteiger partial charge >= 0.3 is 0 Å². The maximum Gasteiger partial charge on any atom is 0.148 e. The van der Waals surface area contributed by atoms with Crippen LogP contribution in [-0.4, -0.2) is 16.5 Å². The van der Waals surface area contributed by atoms with Crippen LogP contribution in [0.15, 0.2) is 0 Å². The Hall–Kier alpha value is -1.36. The van der Waals surface area contributed by atoms with E-state index in [0.29, 0.717) is 11.2 Å². The minimum Gasteiger partial charge on any atom is -0.369 e. The summed E-state index contributed by atoms with van der Waals surface area (Å²) in [6.45, 7) is 11.7. The molecular weight excluding hydrogens is 238 g/mol. The van der Waals surface area contributed by atoms with E-state index in [0.717, 1.165) is 29.7 Å². The number of hydrogen-bond acceptors (Lipinski definition) is 5. The zero-order chi connectivity index (χ0) is 14.2. The highest BCUT2D eigenvalue weighted by atomic mass is 15.3. The summed E-state index contributed by atoms with van der Waals surface area (Å²) in [4.78, 5) is 9.05. The van der Waals surface area contributed by atoms with E-state index in [1.54, 1.807) is 0 Å². The SMILES string of the molecule is Cc1c(NN)nc(C(C)C)nc1NCC1CC1(C)C. The number of aromatic nitrogens is 2. The van der Waals surface area contributed by atoms with Gasteiger partial charge in [0, 0.05) is 18.0 Å². The van der Waals surface area contributed by atoms with E-state index in [9.17, 15) is 0 Å². The fraction of sp³-hybridized carbons (Fsp3) is 0.714. The van der Waals surface area contributed by atoms with E-state index < -0.39 is 0 Å². The van der Waals surface area contributed by atoms with Gasteiger partial charge in [0.05, 0.1) is 0 Å². The van der Waals surface area contributed by atoms with Crippen LogP contribution < -0.4 is 16.6 Å². The van der Waals surface area contributed by atoms with Crippen LogP contribution in [0.4, 0.5) is 11.6 Å². The summed E-state index contributed by atoms with van der Waals surface area (Å²) in [5, 5.41) is 3.45. The van der Waals surface area contributed by atoms with Crippen molar-refractivity contribution in [2.24, 2.45) is 17.2 Å². The standard InChI is InChI=1S/C14H25N5/c1-8(2)11-17-12(9(3)13(18-11)19-15)16-7-10-6-14(10,4)5/h8,10H,6-7,15H2,1-5H3,(H2,16,17,18,19). The summed E-state index contributed by atoms with van der Waals surface area (Å²) < 4.78 is 0. The van der Waals surface area contributed by atoms with Crippen LogP contribution >= 0.6 is 0 Å². The molecule has 4 N–H and O–H groups in total. The van der Waals surface area contributed by atoms with Gasteiger partial charge in [-0.3, -0.25) is 0 Å². The van der Waals surface area contributed by atoms with Crippen molar-refractivity contribution in [1.82, 2.24) is 9.97 Å². The van der Waals surface area contributed by atoms with Crippen molar-refractivity contribution in [2.75, 3.05) is 17.3 Å². The van der Waals surface area contributed by atoms with E-state index in [1.165, 1.54) is 6.42 Å². The molecule has 1 aliphatic carbocycles. The van der Waals surface area contributed by atoms with Crippen molar-refractivity contribution in [3.8, 4) is 0 Å². The first kappa shape index (κ1) is 14.1. The molecule has 5 heteroatoms. The van der Waals surface area contributed by atoms with E-state index in [2.05, 4.69) is 48.4 Å². The average molecular weight is 263 g/mol. The minimum absolute atomic E-state index is 0.283.